The number of benzene rings is 1. The highest BCUT2D eigenvalue weighted by Gasteiger charge is 2.44. The number of nitrogens with one attached hydrogen (secondary N) is 1. The Labute approximate surface area is 145 Å². The number of aryl methyl sites for hydroxylation is 1. The summed E-state index contributed by atoms with van der Waals surface area (Å²) in [5.41, 5.74) is 2.33. The zero-order valence-electron chi connectivity index (χ0n) is 14.8. The van der Waals surface area contributed by atoms with Crippen LogP contribution in [0.5, 0.6) is 0 Å². The highest BCUT2D eigenvalue weighted by molar-refractivity contribution is 5.89. The summed E-state index contributed by atoms with van der Waals surface area (Å²) in [5.74, 6) is 0. The van der Waals surface area contributed by atoms with Crippen LogP contribution in [0, 0.1) is 0 Å². The highest BCUT2D eigenvalue weighted by Crippen LogP contribution is 2.37. The van der Waals surface area contributed by atoms with E-state index >= 15 is 0 Å². The summed E-state index contributed by atoms with van der Waals surface area (Å²) in [4.78, 5) is 17.2. The smallest absolute Gasteiger partial charge is 0.321 e. The molecule has 1 unspecified atom stereocenters. The standard InChI is InChI=1S/C20H29N3O/c1-3-13-23-15-6-12-20(23)11-5-14-22(16-20)19(24)21-18-9-7-17(4-2)8-10-18/h3,7-10H,1,4-6,11-16H2,2H3,(H,21,24). The second-order valence-electron chi connectivity index (χ2n) is 7.07. The predicted octanol–water partition coefficient (Wildman–Crippen LogP) is 3.90. The second kappa shape index (κ2) is 7.39. The van der Waals surface area contributed by atoms with Gasteiger partial charge < -0.3 is 10.2 Å². The topological polar surface area (TPSA) is 35.6 Å². The van der Waals surface area contributed by atoms with E-state index in [0.717, 1.165) is 44.7 Å². The Bertz CT molecular complexity index is 583. The number of carbonyl (C=O) groups is 1. The normalized spacial score (nSPS) is 24.3. The Morgan fingerprint density at radius 3 is 2.62 bits per heavy atom. The lowest BCUT2D eigenvalue weighted by Gasteiger charge is -2.45. The van der Waals surface area contributed by atoms with Crippen LogP contribution in [0.25, 0.3) is 0 Å². The Balaban J connectivity index is 1.65. The number of carbonyl (C=O) groups excluding carboxylic acids is 1. The number of likely N-dealkylation sites (tertiary alicyclic amines) is 2. The Morgan fingerprint density at radius 2 is 1.96 bits per heavy atom. The lowest BCUT2D eigenvalue weighted by molar-refractivity contribution is 0.0670. The molecule has 0 aliphatic carbocycles. The largest absolute Gasteiger partial charge is 0.323 e. The Kier molecular flexibility index (Phi) is 5.24. The van der Waals surface area contributed by atoms with Crippen LogP contribution in [0.1, 0.15) is 38.2 Å². The molecular formula is C20H29N3O. The first kappa shape index (κ1) is 17.0. The van der Waals surface area contributed by atoms with Crippen molar-refractivity contribution in [1.29, 1.82) is 0 Å². The number of amides is 2. The van der Waals surface area contributed by atoms with E-state index in [2.05, 4.69) is 35.9 Å². The summed E-state index contributed by atoms with van der Waals surface area (Å²) in [5, 5.41) is 3.06. The van der Waals surface area contributed by atoms with Gasteiger partial charge in [-0.05, 0) is 56.3 Å². The van der Waals surface area contributed by atoms with Crippen LogP contribution in [-0.2, 0) is 6.42 Å². The third-order valence-corrected chi connectivity index (χ3v) is 5.55. The van der Waals surface area contributed by atoms with Crippen LogP contribution in [0.4, 0.5) is 10.5 Å². The van der Waals surface area contributed by atoms with Crippen molar-refractivity contribution in [3.05, 3.63) is 42.5 Å². The van der Waals surface area contributed by atoms with E-state index in [0.29, 0.717) is 0 Å². The summed E-state index contributed by atoms with van der Waals surface area (Å²) in [6, 6.07) is 8.18. The molecule has 1 atom stereocenters. The van der Waals surface area contributed by atoms with Crippen molar-refractivity contribution < 1.29 is 4.79 Å². The van der Waals surface area contributed by atoms with Gasteiger partial charge in [0.15, 0.2) is 0 Å². The first-order valence-electron chi connectivity index (χ1n) is 9.18. The quantitative estimate of drug-likeness (QED) is 0.851. The minimum absolute atomic E-state index is 0.0313. The minimum Gasteiger partial charge on any atom is -0.323 e. The average molecular weight is 327 g/mol. The van der Waals surface area contributed by atoms with Crippen LogP contribution < -0.4 is 5.32 Å². The fourth-order valence-electron chi connectivity index (χ4n) is 4.21. The van der Waals surface area contributed by atoms with E-state index < -0.39 is 0 Å². The van der Waals surface area contributed by atoms with Crippen molar-refractivity contribution in [2.45, 2.75) is 44.6 Å². The maximum Gasteiger partial charge on any atom is 0.321 e. The molecule has 0 saturated carbocycles. The molecule has 4 nitrogen and oxygen atoms in total. The minimum atomic E-state index is 0.0313. The van der Waals surface area contributed by atoms with E-state index in [1.807, 2.05) is 23.1 Å². The number of nitrogens with zero attached hydrogens (tertiary/aromatic N) is 2. The van der Waals surface area contributed by atoms with E-state index in [1.165, 1.54) is 24.8 Å². The van der Waals surface area contributed by atoms with Gasteiger partial charge in [0.25, 0.3) is 0 Å². The lowest BCUT2D eigenvalue weighted by Crippen LogP contribution is -2.57. The van der Waals surface area contributed by atoms with Crippen LogP contribution in [0.15, 0.2) is 36.9 Å². The molecule has 2 fully saturated rings. The zero-order valence-corrected chi connectivity index (χ0v) is 14.8. The molecule has 0 radical (unpaired) electrons. The molecule has 2 amide bonds. The van der Waals surface area contributed by atoms with Crippen molar-refractivity contribution in [2.75, 3.05) is 31.5 Å². The molecular weight excluding hydrogens is 298 g/mol. The Hall–Kier alpha value is -1.81. The fraction of sp³-hybridized carbons (Fsp3) is 0.550. The van der Waals surface area contributed by atoms with E-state index in [1.54, 1.807) is 0 Å². The molecule has 4 heteroatoms. The average Bonchev–Trinajstić information content (AvgIpc) is 2.97. The molecule has 2 saturated heterocycles. The van der Waals surface area contributed by atoms with Crippen LogP contribution in [-0.4, -0.2) is 47.5 Å². The SMILES string of the molecule is C=CCN1CCCC12CCCN(C(=O)Nc1ccc(CC)cc1)C2. The first-order chi connectivity index (χ1) is 11.7. The van der Waals surface area contributed by atoms with Crippen molar-refractivity contribution in [1.82, 2.24) is 9.80 Å². The van der Waals surface area contributed by atoms with Gasteiger partial charge in [-0.2, -0.15) is 0 Å². The van der Waals surface area contributed by atoms with Crippen LogP contribution >= 0.6 is 0 Å². The van der Waals surface area contributed by atoms with Gasteiger partial charge in [-0.25, -0.2) is 4.79 Å². The van der Waals surface area contributed by atoms with Gasteiger partial charge in [-0.1, -0.05) is 25.1 Å². The van der Waals surface area contributed by atoms with Gasteiger partial charge >= 0.3 is 6.03 Å². The number of urea groups is 1. The van der Waals surface area contributed by atoms with Gasteiger partial charge in [-0.3, -0.25) is 4.90 Å². The molecule has 1 N–H and O–H groups in total. The summed E-state index contributed by atoms with van der Waals surface area (Å²) < 4.78 is 0. The maximum absolute atomic E-state index is 12.7. The molecule has 130 valence electrons. The van der Waals surface area contributed by atoms with Gasteiger partial charge in [0.2, 0.25) is 0 Å². The molecule has 1 aromatic carbocycles. The molecule has 2 aliphatic heterocycles. The van der Waals surface area contributed by atoms with Gasteiger partial charge in [-0.15, -0.1) is 6.58 Å². The van der Waals surface area contributed by atoms with Gasteiger partial charge in [0, 0.05) is 30.9 Å². The predicted molar refractivity (Wildman–Crippen MR) is 99.4 cm³/mol. The van der Waals surface area contributed by atoms with Crippen molar-refractivity contribution in [3.8, 4) is 0 Å². The van der Waals surface area contributed by atoms with Crippen molar-refractivity contribution >= 4 is 11.7 Å². The van der Waals surface area contributed by atoms with Crippen LogP contribution in [0.3, 0.4) is 0 Å². The third-order valence-electron chi connectivity index (χ3n) is 5.55. The van der Waals surface area contributed by atoms with E-state index in [4.69, 9.17) is 0 Å². The number of piperidine rings is 1. The first-order valence-corrected chi connectivity index (χ1v) is 9.18. The van der Waals surface area contributed by atoms with Crippen molar-refractivity contribution in [3.63, 3.8) is 0 Å². The van der Waals surface area contributed by atoms with E-state index in [9.17, 15) is 4.79 Å². The lowest BCUT2D eigenvalue weighted by atomic mass is 9.86. The molecule has 24 heavy (non-hydrogen) atoms. The fourth-order valence-corrected chi connectivity index (χ4v) is 4.21. The molecule has 0 bridgehead atoms. The van der Waals surface area contributed by atoms with E-state index in [-0.39, 0.29) is 11.6 Å². The summed E-state index contributed by atoms with van der Waals surface area (Å²) in [6.45, 7) is 9.76. The number of hydrogen-bond acceptors (Lipinski definition) is 2. The summed E-state index contributed by atoms with van der Waals surface area (Å²) in [6.07, 6.45) is 7.69. The molecule has 1 aromatic rings. The number of rotatable bonds is 4. The monoisotopic (exact) mass is 327 g/mol. The van der Waals surface area contributed by atoms with Crippen molar-refractivity contribution in [2.24, 2.45) is 0 Å². The highest BCUT2D eigenvalue weighted by atomic mass is 16.2. The van der Waals surface area contributed by atoms with Gasteiger partial charge in [0.1, 0.15) is 0 Å². The molecule has 1 spiro atoms. The molecule has 2 aliphatic rings. The summed E-state index contributed by atoms with van der Waals surface area (Å²) >= 11 is 0. The number of hydrogen-bond donors (Lipinski definition) is 1. The number of anilines is 1. The molecule has 3 rings (SSSR count). The second-order valence-corrected chi connectivity index (χ2v) is 7.07. The maximum atomic E-state index is 12.7. The van der Waals surface area contributed by atoms with Crippen LogP contribution in [0.2, 0.25) is 0 Å². The Morgan fingerprint density at radius 1 is 1.25 bits per heavy atom. The summed E-state index contributed by atoms with van der Waals surface area (Å²) in [7, 11) is 0. The molecule has 2 heterocycles. The molecule has 0 aromatic heterocycles. The third kappa shape index (κ3) is 3.48. The van der Waals surface area contributed by atoms with Gasteiger partial charge in [0.05, 0.1) is 0 Å². The zero-order chi connectivity index (χ0) is 17.0.